The van der Waals surface area contributed by atoms with Gasteiger partial charge in [0, 0.05) is 45.0 Å². The zero-order valence-electron chi connectivity index (χ0n) is 20.5. The summed E-state index contributed by atoms with van der Waals surface area (Å²) >= 11 is 1.55. The van der Waals surface area contributed by atoms with E-state index in [1.807, 2.05) is 30.5 Å². The lowest BCUT2D eigenvalue weighted by Crippen LogP contribution is -2.55. The molecule has 1 saturated heterocycles. The first kappa shape index (κ1) is 26.1. The number of methoxy groups -OCH3 is 1. The molecule has 36 heavy (non-hydrogen) atoms. The summed E-state index contributed by atoms with van der Waals surface area (Å²) in [5.41, 5.74) is 1.71. The van der Waals surface area contributed by atoms with Crippen molar-refractivity contribution >= 4 is 44.5 Å². The molecule has 1 N–H and O–H groups in total. The number of sulfonamides is 1. The molecule has 4 rings (SSSR count). The van der Waals surface area contributed by atoms with Crippen LogP contribution in [0.3, 0.4) is 0 Å². The maximum atomic E-state index is 13.4. The molecule has 2 aromatic carbocycles. The molecule has 194 valence electrons. The van der Waals surface area contributed by atoms with Crippen LogP contribution >= 0.6 is 11.8 Å². The molecule has 1 atom stereocenters. The molecule has 12 heteroatoms. The molecule has 0 spiro atoms. The highest BCUT2D eigenvalue weighted by Crippen LogP contribution is 2.22. The number of carbonyl (C=O) groups is 1. The quantitative estimate of drug-likeness (QED) is 0.443. The van der Waals surface area contributed by atoms with E-state index in [2.05, 4.69) is 9.62 Å². The molecule has 0 radical (unpaired) electrons. The second-order valence-electron chi connectivity index (χ2n) is 8.52. The summed E-state index contributed by atoms with van der Waals surface area (Å²) in [4.78, 5) is 29.0. The Labute approximate surface area is 214 Å². The summed E-state index contributed by atoms with van der Waals surface area (Å²) in [6.45, 7) is 2.26. The van der Waals surface area contributed by atoms with E-state index in [1.54, 1.807) is 30.8 Å². The van der Waals surface area contributed by atoms with E-state index in [0.29, 0.717) is 43.9 Å². The highest BCUT2D eigenvalue weighted by atomic mass is 32.2. The fraction of sp³-hybridized carbons (Fsp3) is 0.417. The van der Waals surface area contributed by atoms with Gasteiger partial charge >= 0.3 is 5.76 Å². The van der Waals surface area contributed by atoms with Crippen molar-refractivity contribution in [1.29, 1.82) is 0 Å². The number of carbonyl (C=O) groups excluding carboxylic acids is 1. The van der Waals surface area contributed by atoms with Gasteiger partial charge in [0.2, 0.25) is 15.9 Å². The van der Waals surface area contributed by atoms with Crippen LogP contribution in [0, 0.1) is 0 Å². The van der Waals surface area contributed by atoms with Crippen molar-refractivity contribution in [2.24, 2.45) is 7.05 Å². The first-order valence-corrected chi connectivity index (χ1v) is 14.4. The topological polar surface area (TPSA) is 114 Å². The minimum Gasteiger partial charge on any atom is -0.497 e. The third-order valence-corrected chi connectivity index (χ3v) is 8.42. The van der Waals surface area contributed by atoms with Gasteiger partial charge in [-0.2, -0.15) is 16.5 Å². The second-order valence-corrected chi connectivity index (χ2v) is 11.2. The molecule has 0 unspecified atom stereocenters. The van der Waals surface area contributed by atoms with Gasteiger partial charge in [-0.3, -0.25) is 9.36 Å². The van der Waals surface area contributed by atoms with Crippen molar-refractivity contribution in [2.75, 3.05) is 50.2 Å². The van der Waals surface area contributed by atoms with Gasteiger partial charge in [-0.15, -0.1) is 0 Å². The Hall–Kier alpha value is -2.96. The fourth-order valence-electron chi connectivity index (χ4n) is 4.20. The van der Waals surface area contributed by atoms with Crippen molar-refractivity contribution in [3.8, 4) is 5.75 Å². The number of amides is 1. The number of hydrogen-bond donors (Lipinski definition) is 1. The normalized spacial score (nSPS) is 15.3. The zero-order chi connectivity index (χ0) is 25.9. The largest absolute Gasteiger partial charge is 0.497 e. The number of nitrogens with one attached hydrogen (secondary N) is 1. The van der Waals surface area contributed by atoms with Gasteiger partial charge in [-0.25, -0.2) is 13.2 Å². The molecule has 1 aromatic heterocycles. The Bertz CT molecular complexity index is 1380. The minimum atomic E-state index is -4.03. The van der Waals surface area contributed by atoms with Crippen molar-refractivity contribution in [3.63, 3.8) is 0 Å². The van der Waals surface area contributed by atoms with E-state index in [9.17, 15) is 18.0 Å². The molecule has 0 saturated carbocycles. The van der Waals surface area contributed by atoms with Gasteiger partial charge in [-0.1, -0.05) is 0 Å². The maximum absolute atomic E-state index is 13.4. The second kappa shape index (κ2) is 11.0. The van der Waals surface area contributed by atoms with Gasteiger partial charge in [0.1, 0.15) is 11.8 Å². The van der Waals surface area contributed by atoms with E-state index in [1.165, 1.54) is 22.8 Å². The van der Waals surface area contributed by atoms with E-state index in [-0.39, 0.29) is 16.4 Å². The number of aryl methyl sites for hydroxylation is 1. The van der Waals surface area contributed by atoms with Gasteiger partial charge < -0.3 is 19.0 Å². The predicted molar refractivity (Wildman–Crippen MR) is 140 cm³/mol. The Morgan fingerprint density at radius 2 is 1.83 bits per heavy atom. The molecule has 10 nitrogen and oxygen atoms in total. The van der Waals surface area contributed by atoms with Crippen LogP contribution in [0.25, 0.3) is 11.1 Å². The number of aromatic nitrogens is 1. The third-order valence-electron chi connectivity index (χ3n) is 6.31. The fourth-order valence-corrected chi connectivity index (χ4v) is 5.91. The molecular weight excluding hydrogens is 504 g/mol. The van der Waals surface area contributed by atoms with Crippen molar-refractivity contribution in [2.45, 2.75) is 17.4 Å². The number of hydrogen-bond acceptors (Lipinski definition) is 8. The number of rotatable bonds is 9. The zero-order valence-corrected chi connectivity index (χ0v) is 22.1. The van der Waals surface area contributed by atoms with Crippen LogP contribution in [-0.4, -0.2) is 75.1 Å². The lowest BCUT2D eigenvalue weighted by atomic mass is 10.2. The highest BCUT2D eigenvalue weighted by Gasteiger charge is 2.31. The lowest BCUT2D eigenvalue weighted by molar-refractivity contribution is -0.133. The summed E-state index contributed by atoms with van der Waals surface area (Å²) in [5, 5.41) is 0. The third kappa shape index (κ3) is 5.55. The lowest BCUT2D eigenvalue weighted by Gasteiger charge is -2.37. The number of benzene rings is 2. The smallest absolute Gasteiger partial charge is 0.419 e. The Morgan fingerprint density at radius 3 is 2.47 bits per heavy atom. The van der Waals surface area contributed by atoms with E-state index in [0.717, 1.165) is 11.4 Å². The maximum Gasteiger partial charge on any atom is 0.419 e. The van der Waals surface area contributed by atoms with E-state index < -0.39 is 21.8 Å². The monoisotopic (exact) mass is 534 g/mol. The van der Waals surface area contributed by atoms with Crippen LogP contribution < -0.4 is 20.1 Å². The van der Waals surface area contributed by atoms with Crippen LogP contribution in [0.2, 0.25) is 0 Å². The minimum absolute atomic E-state index is 0.0596. The van der Waals surface area contributed by atoms with Crippen molar-refractivity contribution < 1.29 is 22.4 Å². The van der Waals surface area contributed by atoms with Crippen LogP contribution in [0.5, 0.6) is 5.75 Å². The van der Waals surface area contributed by atoms with E-state index >= 15 is 0 Å². The highest BCUT2D eigenvalue weighted by molar-refractivity contribution is 7.98. The number of piperazine rings is 1. The van der Waals surface area contributed by atoms with Crippen LogP contribution in [0.15, 0.2) is 56.6 Å². The molecule has 0 aliphatic carbocycles. The van der Waals surface area contributed by atoms with E-state index in [4.69, 9.17) is 9.15 Å². The van der Waals surface area contributed by atoms with Crippen LogP contribution in [-0.2, 0) is 21.9 Å². The first-order chi connectivity index (χ1) is 17.2. The standard InChI is InChI=1S/C24H30N4O6S2/c1-26-21-9-8-19(16-22(21)34-24(26)30)36(31,32)25-20(10-15-35-3)23(29)28-13-11-27(12-14-28)17-4-6-18(33-2)7-5-17/h4-9,16,20,25H,10-15H2,1-3H3/t20-/m0/s1. The summed E-state index contributed by atoms with van der Waals surface area (Å²) in [6.07, 6.45) is 2.27. The Kier molecular flexibility index (Phi) is 7.96. The van der Waals surface area contributed by atoms with Crippen LogP contribution in [0.4, 0.5) is 5.69 Å². The summed E-state index contributed by atoms with van der Waals surface area (Å²) in [5.74, 6) is 0.589. The van der Waals surface area contributed by atoms with Crippen molar-refractivity contribution in [1.82, 2.24) is 14.2 Å². The van der Waals surface area contributed by atoms with Gasteiger partial charge in [0.25, 0.3) is 0 Å². The number of nitrogens with zero attached hydrogens (tertiary/aromatic N) is 3. The molecule has 0 bridgehead atoms. The Morgan fingerprint density at radius 1 is 1.14 bits per heavy atom. The molecular formula is C24H30N4O6S2. The molecule has 1 amide bonds. The number of oxazole rings is 1. The summed E-state index contributed by atoms with van der Waals surface area (Å²) in [6, 6.07) is 11.1. The summed E-state index contributed by atoms with van der Waals surface area (Å²) in [7, 11) is -0.858. The molecule has 1 fully saturated rings. The molecule has 2 heterocycles. The SMILES string of the molecule is COc1ccc(N2CCN(C(=O)[C@H](CCSC)NS(=O)(=O)c3ccc4c(c3)oc(=O)n4C)CC2)cc1. The molecule has 1 aliphatic rings. The average Bonchev–Trinajstić information content (AvgIpc) is 3.18. The molecule has 3 aromatic rings. The number of ether oxygens (including phenoxy) is 1. The Balaban J connectivity index is 1.46. The van der Waals surface area contributed by atoms with Gasteiger partial charge in [0.15, 0.2) is 5.58 Å². The van der Waals surface area contributed by atoms with Crippen molar-refractivity contribution in [3.05, 3.63) is 53.0 Å². The average molecular weight is 535 g/mol. The number of thioether (sulfide) groups is 1. The first-order valence-electron chi connectivity index (χ1n) is 11.5. The number of anilines is 1. The van der Waals surface area contributed by atoms with Gasteiger partial charge in [0.05, 0.1) is 17.5 Å². The number of fused-ring (bicyclic) bond motifs is 1. The predicted octanol–water partition coefficient (Wildman–Crippen LogP) is 1.89. The molecule has 1 aliphatic heterocycles. The summed E-state index contributed by atoms with van der Waals surface area (Å²) < 4.78 is 40.6. The van der Waals surface area contributed by atoms with Gasteiger partial charge in [-0.05, 0) is 54.8 Å². The van der Waals surface area contributed by atoms with Crippen LogP contribution in [0.1, 0.15) is 6.42 Å².